The molecule has 0 unspecified atom stereocenters. The van der Waals surface area contributed by atoms with E-state index in [4.69, 9.17) is 14.1 Å². The monoisotopic (exact) mass is 313 g/mol. The summed E-state index contributed by atoms with van der Waals surface area (Å²) in [6, 6.07) is 8.53. The van der Waals surface area contributed by atoms with E-state index in [1.54, 1.807) is 30.3 Å². The van der Waals surface area contributed by atoms with Gasteiger partial charge in [0.25, 0.3) is 0 Å². The molecule has 3 rings (SSSR count). The number of aromatic nitrogens is 1. The number of pyridine rings is 1. The van der Waals surface area contributed by atoms with Crippen LogP contribution in [0.3, 0.4) is 0 Å². The lowest BCUT2D eigenvalue weighted by Crippen LogP contribution is -2.27. The summed E-state index contributed by atoms with van der Waals surface area (Å²) in [5, 5.41) is 9.59. The van der Waals surface area contributed by atoms with Gasteiger partial charge >= 0.3 is 13.1 Å². The molecule has 2 heterocycles. The molecule has 1 aliphatic heterocycles. The van der Waals surface area contributed by atoms with E-state index in [2.05, 4.69) is 4.98 Å². The van der Waals surface area contributed by atoms with Crippen molar-refractivity contribution in [2.45, 2.75) is 20.0 Å². The molecule has 0 atom stereocenters. The second-order valence-corrected chi connectivity index (χ2v) is 5.15. The minimum atomic E-state index is -0.870. The number of hydrogen-bond donors (Lipinski definition) is 1. The average Bonchev–Trinajstić information content (AvgIpc) is 2.94. The Hall–Kier alpha value is -2.38. The average molecular weight is 313 g/mol. The van der Waals surface area contributed by atoms with E-state index < -0.39 is 13.1 Å². The number of carbonyl (C=O) groups excluding carboxylic acids is 1. The van der Waals surface area contributed by atoms with E-state index in [0.717, 1.165) is 17.4 Å². The zero-order valence-corrected chi connectivity index (χ0v) is 12.7. The molecule has 6 nitrogen and oxygen atoms in total. The van der Waals surface area contributed by atoms with Gasteiger partial charge in [0.1, 0.15) is 5.75 Å². The minimum absolute atomic E-state index is 0.351. The maximum Gasteiger partial charge on any atom is 0.491 e. The van der Waals surface area contributed by atoms with Crippen LogP contribution in [0.25, 0.3) is 0 Å². The highest BCUT2D eigenvalue weighted by atomic mass is 16.5. The second kappa shape index (κ2) is 6.81. The third-order valence-electron chi connectivity index (χ3n) is 3.41. The largest absolute Gasteiger partial charge is 0.491 e. The van der Waals surface area contributed by atoms with Gasteiger partial charge in [-0.2, -0.15) is 0 Å². The van der Waals surface area contributed by atoms with Crippen LogP contribution in [0.2, 0.25) is 0 Å². The van der Waals surface area contributed by atoms with Crippen molar-refractivity contribution in [3.63, 3.8) is 0 Å². The molecule has 0 fully saturated rings. The van der Waals surface area contributed by atoms with E-state index in [1.165, 1.54) is 6.20 Å². The normalized spacial score (nSPS) is 12.9. The van der Waals surface area contributed by atoms with Gasteiger partial charge in [-0.25, -0.2) is 9.78 Å². The summed E-state index contributed by atoms with van der Waals surface area (Å²) < 4.78 is 15.8. The number of rotatable bonds is 5. The van der Waals surface area contributed by atoms with Crippen LogP contribution in [0.15, 0.2) is 36.5 Å². The topological polar surface area (TPSA) is 77.9 Å². The fourth-order valence-corrected chi connectivity index (χ4v) is 2.23. The highest BCUT2D eigenvalue weighted by Gasteiger charge is 2.27. The maximum absolute atomic E-state index is 11.7. The zero-order chi connectivity index (χ0) is 16.2. The van der Waals surface area contributed by atoms with Crippen LogP contribution < -0.4 is 10.2 Å². The van der Waals surface area contributed by atoms with Gasteiger partial charge < -0.3 is 19.2 Å². The van der Waals surface area contributed by atoms with Gasteiger partial charge in [0.15, 0.2) is 0 Å². The maximum atomic E-state index is 11.7. The molecule has 0 aliphatic carbocycles. The Morgan fingerprint density at radius 1 is 1.39 bits per heavy atom. The number of hydrogen-bond acceptors (Lipinski definition) is 6. The van der Waals surface area contributed by atoms with Crippen LogP contribution in [0.1, 0.15) is 29.3 Å². The van der Waals surface area contributed by atoms with Gasteiger partial charge in [0.05, 0.1) is 18.8 Å². The van der Waals surface area contributed by atoms with Crippen LogP contribution in [0.4, 0.5) is 0 Å². The van der Waals surface area contributed by atoms with Crippen LogP contribution in [-0.2, 0) is 16.0 Å². The Labute approximate surface area is 134 Å². The lowest BCUT2D eigenvalue weighted by atomic mass is 9.80. The Bertz CT molecular complexity index is 704. The molecule has 1 aliphatic rings. The quantitative estimate of drug-likeness (QED) is 0.668. The lowest BCUT2D eigenvalue weighted by Gasteiger charge is -2.07. The summed E-state index contributed by atoms with van der Waals surface area (Å²) in [5.41, 5.74) is 2.02. The standard InChI is InChI=1S/C16H16BNO5/c1-2-7-21-16(19)11-3-6-15(18-9-11)23-13-4-5-14-12(8-13)10-22-17(14)20/h3-6,8-9,20H,2,7,10H2,1H3. The van der Waals surface area contributed by atoms with Crippen molar-refractivity contribution in [1.29, 1.82) is 0 Å². The third kappa shape index (κ3) is 3.52. The molecule has 1 aromatic heterocycles. The fourth-order valence-electron chi connectivity index (χ4n) is 2.23. The first-order chi connectivity index (χ1) is 11.2. The molecular weight excluding hydrogens is 297 g/mol. The van der Waals surface area contributed by atoms with Gasteiger partial charge in [-0.15, -0.1) is 0 Å². The van der Waals surface area contributed by atoms with Gasteiger partial charge in [0, 0.05) is 12.3 Å². The number of fused-ring (bicyclic) bond motifs is 1. The molecule has 1 N–H and O–H groups in total. The molecule has 0 saturated carbocycles. The van der Waals surface area contributed by atoms with E-state index in [9.17, 15) is 9.82 Å². The Kier molecular flexibility index (Phi) is 4.59. The van der Waals surface area contributed by atoms with Gasteiger partial charge in [0.2, 0.25) is 5.88 Å². The van der Waals surface area contributed by atoms with Crippen molar-refractivity contribution in [3.8, 4) is 11.6 Å². The summed E-state index contributed by atoms with van der Waals surface area (Å²) >= 11 is 0. The molecule has 7 heteroatoms. The van der Waals surface area contributed by atoms with Crippen LogP contribution >= 0.6 is 0 Å². The highest BCUT2D eigenvalue weighted by Crippen LogP contribution is 2.22. The Morgan fingerprint density at radius 3 is 3.00 bits per heavy atom. The SMILES string of the molecule is CCCOC(=O)c1ccc(Oc2ccc3c(c2)COB3O)nc1. The van der Waals surface area contributed by atoms with E-state index in [-0.39, 0.29) is 0 Å². The molecular formula is C16H16BNO5. The summed E-state index contributed by atoms with van der Waals surface area (Å²) in [6.45, 7) is 2.67. The first-order valence-corrected chi connectivity index (χ1v) is 7.41. The van der Waals surface area contributed by atoms with E-state index in [1.807, 2.05) is 6.92 Å². The number of esters is 1. The van der Waals surface area contributed by atoms with Crippen molar-refractivity contribution < 1.29 is 23.9 Å². The second-order valence-electron chi connectivity index (χ2n) is 5.15. The molecule has 0 bridgehead atoms. The molecule has 0 radical (unpaired) electrons. The molecule has 0 amide bonds. The number of benzene rings is 1. The molecule has 0 spiro atoms. The highest BCUT2D eigenvalue weighted by molar-refractivity contribution is 6.61. The predicted molar refractivity (Wildman–Crippen MR) is 83.7 cm³/mol. The molecule has 1 aromatic carbocycles. The predicted octanol–water partition coefficient (Wildman–Crippen LogP) is 1.66. The van der Waals surface area contributed by atoms with Gasteiger partial charge in [-0.05, 0) is 35.6 Å². The van der Waals surface area contributed by atoms with Crippen LogP contribution in [0, 0.1) is 0 Å². The number of nitrogens with zero attached hydrogens (tertiary/aromatic N) is 1. The summed E-state index contributed by atoms with van der Waals surface area (Å²) in [6.07, 6.45) is 2.20. The fraction of sp³-hybridized carbons (Fsp3) is 0.250. The van der Waals surface area contributed by atoms with E-state index >= 15 is 0 Å². The van der Waals surface area contributed by atoms with E-state index in [0.29, 0.717) is 30.4 Å². The number of carbonyl (C=O) groups is 1. The van der Waals surface area contributed by atoms with Crippen molar-refractivity contribution in [1.82, 2.24) is 4.98 Å². The number of ether oxygens (including phenoxy) is 2. The van der Waals surface area contributed by atoms with Gasteiger partial charge in [-0.3, -0.25) is 0 Å². The molecule has 2 aromatic rings. The molecule has 0 saturated heterocycles. The summed E-state index contributed by atoms with van der Waals surface area (Å²) in [4.78, 5) is 15.8. The summed E-state index contributed by atoms with van der Waals surface area (Å²) in [7, 11) is -0.870. The zero-order valence-electron chi connectivity index (χ0n) is 12.7. The van der Waals surface area contributed by atoms with Crippen molar-refractivity contribution in [2.24, 2.45) is 0 Å². The summed E-state index contributed by atoms with van der Waals surface area (Å²) in [5.74, 6) is 0.571. The Balaban J connectivity index is 1.68. The van der Waals surface area contributed by atoms with Crippen molar-refractivity contribution in [3.05, 3.63) is 47.7 Å². The third-order valence-corrected chi connectivity index (χ3v) is 3.41. The Morgan fingerprint density at radius 2 is 2.26 bits per heavy atom. The van der Waals surface area contributed by atoms with Crippen molar-refractivity contribution >= 4 is 18.6 Å². The first kappa shape index (κ1) is 15.5. The van der Waals surface area contributed by atoms with Crippen LogP contribution in [-0.4, -0.2) is 29.7 Å². The lowest BCUT2D eigenvalue weighted by molar-refractivity contribution is 0.0504. The molecule has 23 heavy (non-hydrogen) atoms. The van der Waals surface area contributed by atoms with Crippen LogP contribution in [0.5, 0.6) is 11.6 Å². The minimum Gasteiger partial charge on any atom is -0.462 e. The van der Waals surface area contributed by atoms with Gasteiger partial charge in [-0.1, -0.05) is 13.0 Å². The molecule has 118 valence electrons. The van der Waals surface area contributed by atoms with Crippen molar-refractivity contribution in [2.75, 3.05) is 6.61 Å². The smallest absolute Gasteiger partial charge is 0.462 e. The first-order valence-electron chi connectivity index (χ1n) is 7.41.